The van der Waals surface area contributed by atoms with E-state index in [4.69, 9.17) is 11.6 Å². The average molecular weight is 206 g/mol. The molecule has 0 saturated carbocycles. The van der Waals surface area contributed by atoms with Crippen LogP contribution in [0.2, 0.25) is 0 Å². The summed E-state index contributed by atoms with van der Waals surface area (Å²) in [5, 5.41) is 0.672. The second kappa shape index (κ2) is 3.76. The molecule has 1 aromatic carbocycles. The zero-order valence-electron chi connectivity index (χ0n) is 7.40. The lowest BCUT2D eigenvalue weighted by Crippen LogP contribution is -1.95. The average Bonchev–Trinajstić information content (AvgIpc) is 2.18. The van der Waals surface area contributed by atoms with Crippen LogP contribution in [0.4, 0.5) is 0 Å². The summed E-state index contributed by atoms with van der Waals surface area (Å²) in [6.07, 6.45) is 1.94. The zero-order valence-corrected chi connectivity index (χ0v) is 8.16. The Labute approximate surface area is 86.5 Å². The summed E-state index contributed by atoms with van der Waals surface area (Å²) in [7, 11) is 0. The number of fused-ring (bicyclic) bond motifs is 1. The van der Waals surface area contributed by atoms with Crippen molar-refractivity contribution < 1.29 is 4.79 Å². The van der Waals surface area contributed by atoms with Crippen molar-refractivity contribution in [3.8, 4) is 0 Å². The van der Waals surface area contributed by atoms with E-state index < -0.39 is 0 Å². The molecule has 2 aromatic rings. The summed E-state index contributed by atoms with van der Waals surface area (Å²) >= 11 is 5.35. The number of para-hydroxylation sites is 1. The lowest BCUT2D eigenvalue weighted by molar-refractivity contribution is -0.111. The molecule has 14 heavy (non-hydrogen) atoms. The highest BCUT2D eigenvalue weighted by Gasteiger charge is 2.04. The van der Waals surface area contributed by atoms with E-state index in [0.717, 1.165) is 16.5 Å². The van der Waals surface area contributed by atoms with Crippen molar-refractivity contribution in [1.29, 1.82) is 0 Å². The van der Waals surface area contributed by atoms with Crippen LogP contribution in [0.1, 0.15) is 5.56 Å². The van der Waals surface area contributed by atoms with Crippen LogP contribution in [0, 0.1) is 0 Å². The van der Waals surface area contributed by atoms with Gasteiger partial charge in [-0.25, -0.2) is 0 Å². The minimum absolute atomic E-state index is 0.232. The van der Waals surface area contributed by atoms with Gasteiger partial charge in [-0.3, -0.25) is 9.78 Å². The molecule has 0 radical (unpaired) electrons. The first-order chi connectivity index (χ1) is 6.77. The quantitative estimate of drug-likeness (QED) is 0.706. The predicted octanol–water partition coefficient (Wildman–Crippen LogP) is 2.54. The predicted molar refractivity (Wildman–Crippen MR) is 56.3 cm³/mol. The Morgan fingerprint density at radius 3 is 2.86 bits per heavy atom. The molecule has 0 aliphatic rings. The van der Waals surface area contributed by atoms with E-state index in [-0.39, 0.29) is 11.7 Å². The summed E-state index contributed by atoms with van der Waals surface area (Å²) in [5.74, 6) is 0. The van der Waals surface area contributed by atoms with E-state index in [1.807, 2.05) is 30.3 Å². The van der Waals surface area contributed by atoms with Crippen molar-refractivity contribution in [1.82, 2.24) is 4.98 Å². The summed E-state index contributed by atoms with van der Waals surface area (Å²) in [4.78, 5) is 15.0. The number of halogens is 1. The summed E-state index contributed by atoms with van der Waals surface area (Å²) in [6, 6.07) is 9.57. The van der Waals surface area contributed by atoms with Crippen LogP contribution in [-0.4, -0.2) is 10.2 Å². The van der Waals surface area contributed by atoms with Gasteiger partial charge in [-0.1, -0.05) is 24.3 Å². The Morgan fingerprint density at radius 2 is 2.07 bits per heavy atom. The van der Waals surface area contributed by atoms with Crippen molar-refractivity contribution in [3.05, 3.63) is 42.1 Å². The monoisotopic (exact) mass is 205 g/mol. The SMILES string of the molecule is O=C(Cl)Cc1cccc2cccnc12. The Bertz CT molecular complexity index is 476. The molecule has 0 atom stereocenters. The summed E-state index contributed by atoms with van der Waals surface area (Å²) < 4.78 is 0. The third-order valence-electron chi connectivity index (χ3n) is 2.05. The van der Waals surface area contributed by atoms with Gasteiger partial charge in [0.15, 0.2) is 0 Å². The minimum Gasteiger partial charge on any atom is -0.281 e. The number of nitrogens with zero attached hydrogens (tertiary/aromatic N) is 1. The number of carbonyl (C=O) groups is 1. The lowest BCUT2D eigenvalue weighted by atomic mass is 10.1. The van der Waals surface area contributed by atoms with Gasteiger partial charge in [0.1, 0.15) is 0 Å². The van der Waals surface area contributed by atoms with Crippen LogP contribution >= 0.6 is 11.6 Å². The van der Waals surface area contributed by atoms with Crippen LogP contribution in [0.25, 0.3) is 10.9 Å². The van der Waals surface area contributed by atoms with Crippen LogP contribution in [-0.2, 0) is 11.2 Å². The maximum atomic E-state index is 10.8. The van der Waals surface area contributed by atoms with Gasteiger partial charge in [-0.15, -0.1) is 0 Å². The molecule has 1 heterocycles. The Balaban J connectivity index is 2.59. The molecule has 0 fully saturated rings. The van der Waals surface area contributed by atoms with Gasteiger partial charge in [-0.05, 0) is 23.2 Å². The molecule has 0 saturated heterocycles. The molecule has 3 heteroatoms. The first kappa shape index (κ1) is 9.16. The van der Waals surface area contributed by atoms with Gasteiger partial charge in [0.05, 0.1) is 5.52 Å². The van der Waals surface area contributed by atoms with E-state index in [2.05, 4.69) is 4.98 Å². The molecule has 0 bridgehead atoms. The van der Waals surface area contributed by atoms with Gasteiger partial charge in [0, 0.05) is 18.0 Å². The molecule has 2 nitrogen and oxygen atoms in total. The molecule has 0 unspecified atom stereocenters. The fraction of sp³-hybridized carbons (Fsp3) is 0.0909. The van der Waals surface area contributed by atoms with Crippen LogP contribution in [0.3, 0.4) is 0 Å². The maximum absolute atomic E-state index is 10.8. The Kier molecular flexibility index (Phi) is 2.46. The number of pyridine rings is 1. The van der Waals surface area contributed by atoms with Gasteiger partial charge in [0.2, 0.25) is 5.24 Å². The molecule has 0 N–H and O–H groups in total. The highest BCUT2D eigenvalue weighted by molar-refractivity contribution is 6.63. The van der Waals surface area contributed by atoms with Crippen LogP contribution in [0.5, 0.6) is 0 Å². The highest BCUT2D eigenvalue weighted by atomic mass is 35.5. The zero-order chi connectivity index (χ0) is 9.97. The second-order valence-corrected chi connectivity index (χ2v) is 3.45. The molecular formula is C11H8ClNO. The molecule has 0 amide bonds. The first-order valence-electron chi connectivity index (χ1n) is 4.28. The van der Waals surface area contributed by atoms with Gasteiger partial charge in [0.25, 0.3) is 0 Å². The molecule has 70 valence electrons. The third-order valence-corrected chi connectivity index (χ3v) is 2.18. The highest BCUT2D eigenvalue weighted by Crippen LogP contribution is 2.16. The van der Waals surface area contributed by atoms with Crippen molar-refractivity contribution in [2.45, 2.75) is 6.42 Å². The van der Waals surface area contributed by atoms with Crippen molar-refractivity contribution in [2.75, 3.05) is 0 Å². The first-order valence-corrected chi connectivity index (χ1v) is 4.66. The second-order valence-electron chi connectivity index (χ2n) is 3.02. The van der Waals surface area contributed by atoms with E-state index >= 15 is 0 Å². The normalized spacial score (nSPS) is 10.4. The van der Waals surface area contributed by atoms with E-state index in [9.17, 15) is 4.79 Å². The smallest absolute Gasteiger partial charge is 0.226 e. The number of carbonyl (C=O) groups excluding carboxylic acids is 1. The van der Waals surface area contributed by atoms with E-state index in [1.165, 1.54) is 0 Å². The molecule has 0 aliphatic carbocycles. The molecular weight excluding hydrogens is 198 g/mol. The summed E-state index contributed by atoms with van der Waals surface area (Å²) in [5.41, 5.74) is 1.73. The van der Waals surface area contributed by atoms with Crippen molar-refractivity contribution in [2.24, 2.45) is 0 Å². The topological polar surface area (TPSA) is 30.0 Å². The molecule has 0 spiro atoms. The maximum Gasteiger partial charge on any atom is 0.226 e. The van der Waals surface area contributed by atoms with Crippen molar-refractivity contribution >= 4 is 27.7 Å². The van der Waals surface area contributed by atoms with Crippen LogP contribution < -0.4 is 0 Å². The van der Waals surface area contributed by atoms with Gasteiger partial charge < -0.3 is 0 Å². The van der Waals surface area contributed by atoms with Crippen molar-refractivity contribution in [3.63, 3.8) is 0 Å². The molecule has 2 rings (SSSR count). The minimum atomic E-state index is -0.358. The Hall–Kier alpha value is -1.41. The molecule has 1 aromatic heterocycles. The third kappa shape index (κ3) is 1.75. The van der Waals surface area contributed by atoms with Gasteiger partial charge >= 0.3 is 0 Å². The lowest BCUT2D eigenvalue weighted by Gasteiger charge is -2.01. The number of aromatic nitrogens is 1. The largest absolute Gasteiger partial charge is 0.281 e. The number of rotatable bonds is 2. The number of benzene rings is 1. The Morgan fingerprint density at radius 1 is 1.29 bits per heavy atom. The van der Waals surface area contributed by atoms with E-state index in [0.29, 0.717) is 0 Å². The number of hydrogen-bond donors (Lipinski definition) is 0. The summed E-state index contributed by atoms with van der Waals surface area (Å²) in [6.45, 7) is 0. The fourth-order valence-corrected chi connectivity index (χ4v) is 1.60. The fourth-order valence-electron chi connectivity index (χ4n) is 1.46. The number of hydrogen-bond acceptors (Lipinski definition) is 2. The van der Waals surface area contributed by atoms with Crippen LogP contribution in [0.15, 0.2) is 36.5 Å². The van der Waals surface area contributed by atoms with Gasteiger partial charge in [-0.2, -0.15) is 0 Å². The van der Waals surface area contributed by atoms with E-state index in [1.54, 1.807) is 6.20 Å². The standard InChI is InChI=1S/C11H8ClNO/c12-10(14)7-9-4-1-3-8-5-2-6-13-11(8)9/h1-6H,7H2. The molecule has 0 aliphatic heterocycles.